The Kier molecular flexibility index (Phi) is 6.39. The van der Waals surface area contributed by atoms with Gasteiger partial charge in [0.25, 0.3) is 0 Å². The zero-order valence-corrected chi connectivity index (χ0v) is 15.5. The first-order chi connectivity index (χ1) is 11.8. The molecule has 1 heterocycles. The molecule has 0 saturated carbocycles. The lowest BCUT2D eigenvalue weighted by Crippen LogP contribution is -2.47. The number of carbonyl (C=O) groups excluding carboxylic acids is 1. The molecule has 2 aromatic rings. The Balaban J connectivity index is 2.13. The van der Waals surface area contributed by atoms with E-state index in [0.717, 1.165) is 0 Å². The van der Waals surface area contributed by atoms with Crippen molar-refractivity contribution in [1.29, 1.82) is 0 Å². The Bertz CT molecular complexity index is 798. The predicted molar refractivity (Wildman–Crippen MR) is 95.3 cm³/mol. The molecule has 2 N–H and O–H groups in total. The molecule has 1 atom stereocenters. The van der Waals surface area contributed by atoms with Crippen LogP contribution < -0.4 is 10.0 Å². The van der Waals surface area contributed by atoms with Gasteiger partial charge in [0, 0.05) is 0 Å². The Hall–Kier alpha value is -2.12. The van der Waals surface area contributed by atoms with Crippen LogP contribution in [0.25, 0.3) is 0 Å². The lowest BCUT2D eigenvalue weighted by molar-refractivity contribution is -0.123. The predicted octanol–water partition coefficient (Wildman–Crippen LogP) is 2.60. The van der Waals surface area contributed by atoms with Gasteiger partial charge in [0.05, 0.1) is 17.7 Å². The van der Waals surface area contributed by atoms with E-state index < -0.39 is 16.1 Å². The first kappa shape index (κ1) is 19.2. The van der Waals surface area contributed by atoms with Crippen LogP contribution in [0, 0.1) is 12.8 Å². The van der Waals surface area contributed by atoms with Crippen molar-refractivity contribution < 1.29 is 17.6 Å². The van der Waals surface area contributed by atoms with Crippen LogP contribution >= 0.6 is 0 Å². The third-order valence-corrected chi connectivity index (χ3v) is 5.35. The summed E-state index contributed by atoms with van der Waals surface area (Å²) >= 11 is 0. The molecule has 7 heteroatoms. The Morgan fingerprint density at radius 3 is 2.48 bits per heavy atom. The molecule has 1 amide bonds. The van der Waals surface area contributed by atoms with E-state index in [1.165, 1.54) is 12.3 Å². The van der Waals surface area contributed by atoms with Crippen molar-refractivity contribution in [2.24, 2.45) is 5.92 Å². The summed E-state index contributed by atoms with van der Waals surface area (Å²) in [5.41, 5.74) is 0.634. The van der Waals surface area contributed by atoms with Gasteiger partial charge in [-0.3, -0.25) is 4.79 Å². The van der Waals surface area contributed by atoms with Crippen LogP contribution in [0.3, 0.4) is 0 Å². The molecule has 136 valence electrons. The summed E-state index contributed by atoms with van der Waals surface area (Å²) in [5, 5.41) is 2.72. The average molecular weight is 364 g/mol. The lowest BCUT2D eigenvalue weighted by atomic mass is 10.0. The van der Waals surface area contributed by atoms with Crippen molar-refractivity contribution >= 4 is 15.9 Å². The SMILES string of the molecule is Cc1ccccc1S(=O)(=O)N[C@@H](CC(C)C)C(=O)NCc1ccco1. The molecular formula is C18H24N2O4S. The van der Waals surface area contributed by atoms with Gasteiger partial charge < -0.3 is 9.73 Å². The van der Waals surface area contributed by atoms with Gasteiger partial charge in [-0.1, -0.05) is 32.0 Å². The minimum atomic E-state index is -3.79. The second-order valence-corrected chi connectivity index (χ2v) is 8.05. The van der Waals surface area contributed by atoms with E-state index >= 15 is 0 Å². The molecule has 25 heavy (non-hydrogen) atoms. The van der Waals surface area contributed by atoms with Crippen LogP contribution in [0.5, 0.6) is 0 Å². The molecule has 0 radical (unpaired) electrons. The lowest BCUT2D eigenvalue weighted by Gasteiger charge is -2.20. The number of nitrogens with one attached hydrogen (secondary N) is 2. The summed E-state index contributed by atoms with van der Waals surface area (Å²) in [5.74, 6) is 0.389. The second-order valence-electron chi connectivity index (χ2n) is 6.37. The van der Waals surface area contributed by atoms with Gasteiger partial charge in [-0.25, -0.2) is 8.42 Å². The number of amides is 1. The van der Waals surface area contributed by atoms with Crippen molar-refractivity contribution in [3.8, 4) is 0 Å². The fourth-order valence-electron chi connectivity index (χ4n) is 2.50. The summed E-state index contributed by atoms with van der Waals surface area (Å²) in [6.45, 7) is 5.82. The van der Waals surface area contributed by atoms with Crippen LogP contribution in [0.2, 0.25) is 0 Å². The minimum absolute atomic E-state index is 0.152. The molecule has 1 aromatic carbocycles. The van der Waals surface area contributed by atoms with E-state index in [4.69, 9.17) is 4.42 Å². The Morgan fingerprint density at radius 2 is 1.88 bits per heavy atom. The van der Waals surface area contributed by atoms with Gasteiger partial charge in [0.15, 0.2) is 0 Å². The zero-order chi connectivity index (χ0) is 18.4. The van der Waals surface area contributed by atoms with Gasteiger partial charge in [0.1, 0.15) is 11.8 Å². The molecule has 0 aliphatic carbocycles. The van der Waals surface area contributed by atoms with E-state index in [1.807, 2.05) is 13.8 Å². The van der Waals surface area contributed by atoms with Crippen molar-refractivity contribution in [3.05, 3.63) is 54.0 Å². The molecule has 0 aliphatic heterocycles. The molecule has 0 saturated heterocycles. The van der Waals surface area contributed by atoms with E-state index in [1.54, 1.807) is 37.3 Å². The fourth-order valence-corrected chi connectivity index (χ4v) is 3.95. The number of aryl methyl sites for hydroxylation is 1. The summed E-state index contributed by atoms with van der Waals surface area (Å²) < 4.78 is 33.1. The summed E-state index contributed by atoms with van der Waals surface area (Å²) in [4.78, 5) is 12.7. The highest BCUT2D eigenvalue weighted by molar-refractivity contribution is 7.89. The third-order valence-electron chi connectivity index (χ3n) is 3.72. The summed E-state index contributed by atoms with van der Waals surface area (Å²) in [6, 6.07) is 9.32. The minimum Gasteiger partial charge on any atom is -0.467 e. The van der Waals surface area contributed by atoms with Crippen LogP contribution in [0.15, 0.2) is 52.0 Å². The molecule has 0 spiro atoms. The van der Waals surface area contributed by atoms with Crippen molar-refractivity contribution in [3.63, 3.8) is 0 Å². The second kappa shape index (κ2) is 8.31. The molecule has 0 fully saturated rings. The topological polar surface area (TPSA) is 88.4 Å². The molecule has 0 unspecified atom stereocenters. The number of carbonyl (C=O) groups is 1. The average Bonchev–Trinajstić information content (AvgIpc) is 3.05. The monoisotopic (exact) mass is 364 g/mol. The van der Waals surface area contributed by atoms with Crippen molar-refractivity contribution in [2.75, 3.05) is 0 Å². The Labute approximate surface area is 148 Å². The fraction of sp³-hybridized carbons (Fsp3) is 0.389. The maximum Gasteiger partial charge on any atom is 0.241 e. The number of rotatable bonds is 8. The zero-order valence-electron chi connectivity index (χ0n) is 14.7. The van der Waals surface area contributed by atoms with Crippen LogP contribution in [-0.4, -0.2) is 20.4 Å². The summed E-state index contributed by atoms with van der Waals surface area (Å²) in [7, 11) is -3.79. The molecule has 6 nitrogen and oxygen atoms in total. The number of hydrogen-bond donors (Lipinski definition) is 2. The van der Waals surface area contributed by atoms with Gasteiger partial charge in [-0.05, 0) is 43.0 Å². The molecule has 0 bridgehead atoms. The number of hydrogen-bond acceptors (Lipinski definition) is 4. The highest BCUT2D eigenvalue weighted by Gasteiger charge is 2.27. The van der Waals surface area contributed by atoms with E-state index in [2.05, 4.69) is 10.0 Å². The van der Waals surface area contributed by atoms with Crippen LogP contribution in [0.4, 0.5) is 0 Å². The highest BCUT2D eigenvalue weighted by Crippen LogP contribution is 2.16. The van der Waals surface area contributed by atoms with Gasteiger partial charge in [-0.2, -0.15) is 4.72 Å². The van der Waals surface area contributed by atoms with Crippen molar-refractivity contribution in [1.82, 2.24) is 10.0 Å². The van der Waals surface area contributed by atoms with Crippen LogP contribution in [0.1, 0.15) is 31.6 Å². The van der Waals surface area contributed by atoms with E-state index in [9.17, 15) is 13.2 Å². The maximum absolute atomic E-state index is 12.7. The molecular weight excluding hydrogens is 340 g/mol. The number of benzene rings is 1. The first-order valence-corrected chi connectivity index (χ1v) is 9.66. The standard InChI is InChI=1S/C18H24N2O4S/c1-13(2)11-16(18(21)19-12-15-8-6-10-24-15)20-25(22,23)17-9-5-4-7-14(17)3/h4-10,13,16,20H,11-12H2,1-3H3,(H,19,21)/t16-/m0/s1. The number of sulfonamides is 1. The van der Waals surface area contributed by atoms with E-state index in [0.29, 0.717) is 17.7 Å². The first-order valence-electron chi connectivity index (χ1n) is 8.17. The molecule has 1 aromatic heterocycles. The maximum atomic E-state index is 12.7. The smallest absolute Gasteiger partial charge is 0.241 e. The van der Waals surface area contributed by atoms with Gasteiger partial charge >= 0.3 is 0 Å². The van der Waals surface area contributed by atoms with Gasteiger partial charge in [-0.15, -0.1) is 0 Å². The largest absolute Gasteiger partial charge is 0.467 e. The van der Waals surface area contributed by atoms with Crippen molar-refractivity contribution in [2.45, 2.75) is 44.7 Å². The highest BCUT2D eigenvalue weighted by atomic mass is 32.2. The normalized spacial score (nSPS) is 13.0. The van der Waals surface area contributed by atoms with Gasteiger partial charge in [0.2, 0.25) is 15.9 Å². The quantitative estimate of drug-likeness (QED) is 0.753. The molecule has 2 rings (SSSR count). The third kappa shape index (κ3) is 5.44. The number of furan rings is 1. The van der Waals surface area contributed by atoms with E-state index in [-0.39, 0.29) is 23.3 Å². The van der Waals surface area contributed by atoms with Crippen LogP contribution in [-0.2, 0) is 21.4 Å². The summed E-state index contributed by atoms with van der Waals surface area (Å²) in [6.07, 6.45) is 1.92. The Morgan fingerprint density at radius 1 is 1.16 bits per heavy atom. The molecule has 0 aliphatic rings.